The summed E-state index contributed by atoms with van der Waals surface area (Å²) >= 11 is 3.63. The van der Waals surface area contributed by atoms with Crippen LogP contribution in [0.25, 0.3) is 0 Å². The van der Waals surface area contributed by atoms with Gasteiger partial charge in [-0.15, -0.1) is 0 Å². The quantitative estimate of drug-likeness (QED) is 0.186. The van der Waals surface area contributed by atoms with Crippen molar-refractivity contribution >= 4 is 33.7 Å². The van der Waals surface area contributed by atoms with Gasteiger partial charge in [0.25, 0.3) is 5.91 Å². The summed E-state index contributed by atoms with van der Waals surface area (Å²) in [7, 11) is 0. The van der Waals surface area contributed by atoms with Crippen molar-refractivity contribution in [3.8, 4) is 17.2 Å². The first-order valence-electron chi connectivity index (χ1n) is 14.8. The van der Waals surface area contributed by atoms with E-state index in [2.05, 4.69) is 21.2 Å². The number of ether oxygens (including phenoxy) is 5. The van der Waals surface area contributed by atoms with E-state index in [0.29, 0.717) is 41.4 Å². The summed E-state index contributed by atoms with van der Waals surface area (Å²) in [5, 5.41) is 12.1. The summed E-state index contributed by atoms with van der Waals surface area (Å²) in [4.78, 5) is 32.3. The molecule has 0 aromatic heterocycles. The first-order valence-corrected chi connectivity index (χ1v) is 15.6. The van der Waals surface area contributed by atoms with Crippen molar-refractivity contribution in [3.05, 3.63) is 87.9 Å². The molecule has 2 atom stereocenters. The van der Waals surface area contributed by atoms with E-state index in [1.165, 1.54) is 0 Å². The Morgan fingerprint density at radius 1 is 1.07 bits per heavy atom. The van der Waals surface area contributed by atoms with E-state index in [-0.39, 0.29) is 38.7 Å². The second-order valence-corrected chi connectivity index (χ2v) is 12.6. The highest BCUT2D eigenvalue weighted by molar-refractivity contribution is 9.10. The van der Waals surface area contributed by atoms with Crippen molar-refractivity contribution in [2.24, 2.45) is 4.99 Å². The molecule has 0 saturated heterocycles. The van der Waals surface area contributed by atoms with E-state index < -0.39 is 29.1 Å². The van der Waals surface area contributed by atoms with Gasteiger partial charge in [-0.1, -0.05) is 40.2 Å². The lowest BCUT2D eigenvalue weighted by molar-refractivity contribution is -0.155. The van der Waals surface area contributed by atoms with Gasteiger partial charge >= 0.3 is 5.97 Å². The lowest BCUT2D eigenvalue weighted by Gasteiger charge is -2.31. The van der Waals surface area contributed by atoms with Gasteiger partial charge in [-0.3, -0.25) is 9.59 Å². The largest absolute Gasteiger partial charge is 0.494 e. The lowest BCUT2D eigenvalue weighted by Crippen LogP contribution is -2.48. The smallest absolute Gasteiger partial charge is 0.306 e. The van der Waals surface area contributed by atoms with E-state index in [1.54, 1.807) is 51.1 Å². The number of aliphatic imine (C=N–C) groups is 1. The number of halogens is 1. The molecule has 45 heavy (non-hydrogen) atoms. The highest BCUT2D eigenvalue weighted by atomic mass is 79.9. The van der Waals surface area contributed by atoms with E-state index in [9.17, 15) is 9.59 Å². The molecule has 0 spiro atoms. The third-order valence-electron chi connectivity index (χ3n) is 7.24. The molecule has 2 aliphatic heterocycles. The first kappa shape index (κ1) is 32.3. The van der Waals surface area contributed by atoms with Crippen molar-refractivity contribution < 1.29 is 38.4 Å². The molecular weight excluding hydrogens is 644 g/mol. The maximum atomic E-state index is 14.4. The van der Waals surface area contributed by atoms with E-state index >= 15 is 0 Å². The predicted molar refractivity (Wildman–Crippen MR) is 170 cm³/mol. The first-order chi connectivity index (χ1) is 21.6. The van der Waals surface area contributed by atoms with E-state index in [1.807, 2.05) is 36.4 Å². The maximum absolute atomic E-state index is 14.4. The van der Waals surface area contributed by atoms with Gasteiger partial charge in [-0.05, 0) is 75.2 Å². The molecule has 0 saturated carbocycles. The van der Waals surface area contributed by atoms with Crippen molar-refractivity contribution in [2.45, 2.75) is 63.8 Å². The standard InChI is InChI=1S/C34H37BrN2O8/c1-33(2,3)45-29(39)15-16-34(32(40)36-20-22-9-14-27-28(19-22)43-21-42-27)30(25-7-4-5-8-26(25)35)44-31(37-34)23-10-12-24(13-11-23)41-18-6-17-38/h4-5,7-14,19,30,38H,6,15-18,20-21H2,1-3H3,(H,36,40)/t30-,34-/m1/s1. The van der Waals surface area contributed by atoms with Gasteiger partial charge in [0.1, 0.15) is 11.4 Å². The highest BCUT2D eigenvalue weighted by Crippen LogP contribution is 2.45. The van der Waals surface area contributed by atoms with Crippen LogP contribution in [0.2, 0.25) is 0 Å². The number of rotatable bonds is 12. The molecule has 5 rings (SSSR count). The minimum Gasteiger partial charge on any atom is -0.494 e. The third-order valence-corrected chi connectivity index (χ3v) is 7.96. The number of aliphatic hydroxyl groups excluding tert-OH is 1. The van der Waals surface area contributed by atoms with Crippen molar-refractivity contribution in [3.63, 3.8) is 0 Å². The number of nitrogens with zero attached hydrogens (tertiary/aromatic N) is 1. The van der Waals surface area contributed by atoms with E-state index in [4.69, 9.17) is 33.8 Å². The number of esters is 1. The van der Waals surface area contributed by atoms with Gasteiger partial charge in [0.15, 0.2) is 23.1 Å². The number of amides is 1. The number of hydrogen-bond donors (Lipinski definition) is 2. The Bertz CT molecular complexity index is 1550. The number of benzene rings is 3. The summed E-state index contributed by atoms with van der Waals surface area (Å²) in [6.07, 6.45) is -0.366. The van der Waals surface area contributed by atoms with Crippen LogP contribution in [-0.2, 0) is 25.6 Å². The fourth-order valence-electron chi connectivity index (χ4n) is 5.11. The molecule has 11 heteroatoms. The number of carbonyl (C=O) groups excluding carboxylic acids is 2. The highest BCUT2D eigenvalue weighted by Gasteiger charge is 2.53. The molecule has 2 N–H and O–H groups in total. The van der Waals surface area contributed by atoms with Crippen molar-refractivity contribution in [1.82, 2.24) is 5.32 Å². The van der Waals surface area contributed by atoms with Crippen LogP contribution in [0, 0.1) is 0 Å². The molecule has 3 aromatic carbocycles. The maximum Gasteiger partial charge on any atom is 0.306 e. The summed E-state index contributed by atoms with van der Waals surface area (Å²) in [5.41, 5.74) is -0.0305. The average molecular weight is 682 g/mol. The fraction of sp³-hybridized carbons (Fsp3) is 0.382. The van der Waals surface area contributed by atoms with Crippen LogP contribution < -0.4 is 19.5 Å². The number of aliphatic hydroxyl groups is 1. The third kappa shape index (κ3) is 7.77. The molecule has 0 fully saturated rings. The fourth-order valence-corrected chi connectivity index (χ4v) is 5.60. The molecular formula is C34H37BrN2O8. The SMILES string of the molecule is CC(C)(C)OC(=O)CC[C@@]1(C(=O)NCc2ccc3c(c2)OCO3)N=C(c2ccc(OCCCO)cc2)O[C@@H]1c1ccccc1Br. The Kier molecular flexibility index (Phi) is 9.99. The lowest BCUT2D eigenvalue weighted by atomic mass is 9.83. The summed E-state index contributed by atoms with van der Waals surface area (Å²) in [6, 6.07) is 20.2. The minimum atomic E-state index is -1.51. The molecule has 0 radical (unpaired) electrons. The molecule has 10 nitrogen and oxygen atoms in total. The molecule has 2 heterocycles. The topological polar surface area (TPSA) is 125 Å². The molecule has 0 bridgehead atoms. The number of nitrogens with one attached hydrogen (secondary N) is 1. The monoisotopic (exact) mass is 680 g/mol. The predicted octanol–water partition coefficient (Wildman–Crippen LogP) is 5.63. The van der Waals surface area contributed by atoms with Crippen LogP contribution in [0.15, 0.2) is 76.2 Å². The number of hydrogen-bond acceptors (Lipinski definition) is 9. The van der Waals surface area contributed by atoms with Crippen molar-refractivity contribution in [2.75, 3.05) is 20.0 Å². The second kappa shape index (κ2) is 13.9. The van der Waals surface area contributed by atoms with Crippen LogP contribution >= 0.6 is 15.9 Å². The van der Waals surface area contributed by atoms with Crippen LogP contribution in [0.3, 0.4) is 0 Å². The molecule has 238 valence electrons. The Labute approximate surface area is 270 Å². The number of carbonyl (C=O) groups is 2. The normalized spacial score (nSPS) is 18.6. The van der Waals surface area contributed by atoms with Crippen LogP contribution in [0.4, 0.5) is 0 Å². The second-order valence-electron chi connectivity index (χ2n) is 11.8. The number of fused-ring (bicyclic) bond motifs is 1. The Hall–Kier alpha value is -4.09. The molecule has 3 aromatic rings. The van der Waals surface area contributed by atoms with Crippen LogP contribution in [0.5, 0.6) is 17.2 Å². The van der Waals surface area contributed by atoms with Crippen LogP contribution in [-0.4, -0.2) is 54.0 Å². The van der Waals surface area contributed by atoms with Gasteiger partial charge in [-0.2, -0.15) is 0 Å². The Morgan fingerprint density at radius 3 is 2.56 bits per heavy atom. The van der Waals surface area contributed by atoms with Crippen molar-refractivity contribution in [1.29, 1.82) is 0 Å². The van der Waals surface area contributed by atoms with Gasteiger partial charge in [0, 0.05) is 41.6 Å². The zero-order valence-electron chi connectivity index (χ0n) is 25.5. The summed E-state index contributed by atoms with van der Waals surface area (Å²) < 4.78 is 29.5. The molecule has 0 unspecified atom stereocenters. The average Bonchev–Trinajstić information content (AvgIpc) is 3.64. The Balaban J connectivity index is 1.49. The summed E-state index contributed by atoms with van der Waals surface area (Å²) in [5.74, 6) is 1.32. The summed E-state index contributed by atoms with van der Waals surface area (Å²) in [6.45, 7) is 6.17. The van der Waals surface area contributed by atoms with Gasteiger partial charge < -0.3 is 34.1 Å². The molecule has 1 amide bonds. The Morgan fingerprint density at radius 2 is 1.82 bits per heavy atom. The van der Waals surface area contributed by atoms with Gasteiger partial charge in [0.05, 0.1) is 6.61 Å². The van der Waals surface area contributed by atoms with E-state index in [0.717, 1.165) is 10.0 Å². The molecule has 2 aliphatic rings. The minimum absolute atomic E-state index is 0.0345. The van der Waals surface area contributed by atoms with Gasteiger partial charge in [0.2, 0.25) is 12.7 Å². The zero-order valence-corrected chi connectivity index (χ0v) is 27.1. The van der Waals surface area contributed by atoms with Crippen LogP contribution in [0.1, 0.15) is 62.8 Å². The zero-order chi connectivity index (χ0) is 32.0. The molecule has 0 aliphatic carbocycles. The van der Waals surface area contributed by atoms with Gasteiger partial charge in [-0.25, -0.2) is 4.99 Å².